The van der Waals surface area contributed by atoms with E-state index < -0.39 is 21.4 Å². The first-order valence-electron chi connectivity index (χ1n) is 5.60. The summed E-state index contributed by atoms with van der Waals surface area (Å²) in [6.07, 6.45) is 0.631. The molecule has 0 aliphatic rings. The van der Waals surface area contributed by atoms with Gasteiger partial charge in [-0.25, -0.2) is 17.5 Å². The second kappa shape index (κ2) is 5.67. The number of benzene rings is 1. The number of nitrogens with one attached hydrogen (secondary N) is 1. The normalized spacial score (nSPS) is 15.4. The molecule has 0 aromatic heterocycles. The van der Waals surface area contributed by atoms with Crippen molar-refractivity contribution in [3.8, 4) is 0 Å². The number of rotatable bonds is 5. The van der Waals surface area contributed by atoms with Crippen molar-refractivity contribution in [1.82, 2.24) is 4.72 Å². The van der Waals surface area contributed by atoms with Gasteiger partial charge in [0.15, 0.2) is 0 Å². The van der Waals surface area contributed by atoms with Gasteiger partial charge in [0.25, 0.3) is 0 Å². The van der Waals surface area contributed by atoms with E-state index in [0.717, 1.165) is 6.07 Å². The van der Waals surface area contributed by atoms with Gasteiger partial charge in [0, 0.05) is 10.9 Å². The van der Waals surface area contributed by atoms with Crippen molar-refractivity contribution in [3.63, 3.8) is 0 Å². The third kappa shape index (κ3) is 3.52. The zero-order chi connectivity index (χ0) is 14.0. The first kappa shape index (κ1) is 15.6. The molecule has 0 heterocycles. The highest BCUT2D eigenvalue weighted by atomic mass is 79.9. The van der Waals surface area contributed by atoms with Gasteiger partial charge >= 0.3 is 0 Å². The molecule has 1 aromatic carbocycles. The van der Waals surface area contributed by atoms with Crippen LogP contribution in [0, 0.1) is 12.7 Å². The van der Waals surface area contributed by atoms with Crippen molar-refractivity contribution in [1.29, 1.82) is 0 Å². The van der Waals surface area contributed by atoms with Crippen LogP contribution < -0.4 is 4.72 Å². The van der Waals surface area contributed by atoms with Crippen molar-refractivity contribution in [2.45, 2.75) is 37.6 Å². The summed E-state index contributed by atoms with van der Waals surface area (Å²) in [4.78, 5) is -0.0110. The van der Waals surface area contributed by atoms with Crippen molar-refractivity contribution < 1.29 is 12.8 Å². The largest absolute Gasteiger partial charge is 0.241 e. The van der Waals surface area contributed by atoms with Crippen molar-refractivity contribution in [2.24, 2.45) is 0 Å². The Bertz CT molecular complexity index is 527. The lowest BCUT2D eigenvalue weighted by atomic mass is 10.0. The van der Waals surface area contributed by atoms with Crippen LogP contribution in [-0.4, -0.2) is 19.3 Å². The molecule has 0 aliphatic carbocycles. The van der Waals surface area contributed by atoms with Gasteiger partial charge in [0.2, 0.25) is 10.0 Å². The van der Waals surface area contributed by atoms with E-state index in [4.69, 9.17) is 0 Å². The topological polar surface area (TPSA) is 46.2 Å². The summed E-state index contributed by atoms with van der Waals surface area (Å²) in [6, 6.07) is 3.75. The minimum Gasteiger partial charge on any atom is -0.207 e. The molecule has 1 aromatic rings. The van der Waals surface area contributed by atoms with E-state index in [-0.39, 0.29) is 4.90 Å². The van der Waals surface area contributed by atoms with E-state index in [1.807, 2.05) is 6.92 Å². The van der Waals surface area contributed by atoms with Gasteiger partial charge < -0.3 is 0 Å². The lowest BCUT2D eigenvalue weighted by Gasteiger charge is -2.27. The van der Waals surface area contributed by atoms with Crippen molar-refractivity contribution >= 4 is 26.0 Å². The van der Waals surface area contributed by atoms with E-state index in [2.05, 4.69) is 20.7 Å². The van der Waals surface area contributed by atoms with Gasteiger partial charge in [-0.1, -0.05) is 28.9 Å². The van der Waals surface area contributed by atoms with Crippen LogP contribution in [0.4, 0.5) is 4.39 Å². The van der Waals surface area contributed by atoms with Gasteiger partial charge in [-0.05, 0) is 38.0 Å². The second-order valence-corrected chi connectivity index (χ2v) is 6.77. The minimum absolute atomic E-state index is 0.0110. The van der Waals surface area contributed by atoms with Crippen molar-refractivity contribution in [2.75, 3.05) is 5.33 Å². The number of aryl methyl sites for hydroxylation is 1. The molecule has 0 saturated carbocycles. The van der Waals surface area contributed by atoms with E-state index >= 15 is 0 Å². The molecule has 6 heteroatoms. The van der Waals surface area contributed by atoms with Crippen molar-refractivity contribution in [3.05, 3.63) is 29.6 Å². The minimum atomic E-state index is -3.72. The first-order chi connectivity index (χ1) is 8.24. The molecule has 102 valence electrons. The maximum absolute atomic E-state index is 13.2. The molecule has 0 spiro atoms. The Morgan fingerprint density at radius 2 is 2.06 bits per heavy atom. The highest BCUT2D eigenvalue weighted by Crippen LogP contribution is 2.21. The molecule has 0 saturated heterocycles. The Balaban J connectivity index is 3.18. The fraction of sp³-hybridized carbons (Fsp3) is 0.500. The predicted octanol–water partition coefficient (Wildman–Crippen LogP) is 2.98. The molecule has 0 aliphatic heterocycles. The summed E-state index contributed by atoms with van der Waals surface area (Å²) in [5.74, 6) is -0.557. The van der Waals surface area contributed by atoms with Crippen LogP contribution in [0.25, 0.3) is 0 Å². The van der Waals surface area contributed by atoms with Gasteiger partial charge in [-0.15, -0.1) is 0 Å². The molecule has 1 N–H and O–H groups in total. The van der Waals surface area contributed by atoms with Crippen LogP contribution in [0.2, 0.25) is 0 Å². The highest BCUT2D eigenvalue weighted by molar-refractivity contribution is 9.09. The van der Waals surface area contributed by atoms with E-state index in [1.165, 1.54) is 12.1 Å². The van der Waals surface area contributed by atoms with Crippen LogP contribution >= 0.6 is 15.9 Å². The monoisotopic (exact) mass is 337 g/mol. The van der Waals surface area contributed by atoms with E-state index in [0.29, 0.717) is 17.3 Å². The van der Waals surface area contributed by atoms with E-state index in [1.54, 1.807) is 13.8 Å². The fourth-order valence-electron chi connectivity index (χ4n) is 1.44. The van der Waals surface area contributed by atoms with Crippen LogP contribution in [-0.2, 0) is 10.0 Å². The Labute approximate surface area is 116 Å². The molecule has 0 bridgehead atoms. The highest BCUT2D eigenvalue weighted by Gasteiger charge is 2.29. The van der Waals surface area contributed by atoms with Gasteiger partial charge in [-0.3, -0.25) is 0 Å². The molecule has 1 unspecified atom stereocenters. The predicted molar refractivity (Wildman–Crippen MR) is 73.9 cm³/mol. The van der Waals surface area contributed by atoms with Gasteiger partial charge in [0.05, 0.1) is 4.90 Å². The SMILES string of the molecule is CCC(C)(CBr)NS(=O)(=O)c1cc(F)ccc1C. The first-order valence-corrected chi connectivity index (χ1v) is 8.20. The van der Waals surface area contributed by atoms with Gasteiger partial charge in [0.1, 0.15) is 5.82 Å². The van der Waals surface area contributed by atoms with Crippen LogP contribution in [0.15, 0.2) is 23.1 Å². The van der Waals surface area contributed by atoms with Crippen LogP contribution in [0.1, 0.15) is 25.8 Å². The molecule has 3 nitrogen and oxygen atoms in total. The average Bonchev–Trinajstić information content (AvgIpc) is 2.31. The lowest BCUT2D eigenvalue weighted by Crippen LogP contribution is -2.46. The number of sulfonamides is 1. The average molecular weight is 338 g/mol. The maximum atomic E-state index is 13.2. The zero-order valence-corrected chi connectivity index (χ0v) is 13.0. The zero-order valence-electron chi connectivity index (χ0n) is 10.6. The summed E-state index contributed by atoms with van der Waals surface area (Å²) < 4.78 is 40.3. The summed E-state index contributed by atoms with van der Waals surface area (Å²) >= 11 is 3.29. The van der Waals surface area contributed by atoms with Crippen LogP contribution in [0.3, 0.4) is 0 Å². The number of hydrogen-bond donors (Lipinski definition) is 1. The molecule has 1 rings (SSSR count). The third-order valence-electron chi connectivity index (χ3n) is 2.90. The second-order valence-electron chi connectivity index (χ2n) is 4.56. The Morgan fingerprint density at radius 1 is 1.44 bits per heavy atom. The molecule has 0 radical (unpaired) electrons. The molecule has 0 amide bonds. The standard InChI is InChI=1S/C12H17BrFNO2S/c1-4-12(3,8-13)15-18(16,17)11-7-10(14)6-5-9(11)2/h5-7,15H,4,8H2,1-3H3. The molecular weight excluding hydrogens is 321 g/mol. The summed E-state index contributed by atoms with van der Waals surface area (Å²) in [7, 11) is -3.72. The Kier molecular flexibility index (Phi) is 4.91. The third-order valence-corrected chi connectivity index (χ3v) is 5.91. The summed E-state index contributed by atoms with van der Waals surface area (Å²) in [5.41, 5.74) is -0.0608. The Hall–Kier alpha value is -0.460. The number of halogens is 2. The Morgan fingerprint density at radius 3 is 2.56 bits per heavy atom. The number of alkyl halides is 1. The molecular formula is C12H17BrFNO2S. The van der Waals surface area contributed by atoms with Crippen LogP contribution in [0.5, 0.6) is 0 Å². The van der Waals surface area contributed by atoms with Gasteiger partial charge in [-0.2, -0.15) is 0 Å². The lowest BCUT2D eigenvalue weighted by molar-refractivity contribution is 0.449. The quantitative estimate of drug-likeness (QED) is 0.839. The smallest absolute Gasteiger partial charge is 0.207 e. The number of hydrogen-bond acceptors (Lipinski definition) is 2. The molecule has 18 heavy (non-hydrogen) atoms. The summed E-state index contributed by atoms with van der Waals surface area (Å²) in [5, 5.41) is 0.490. The molecule has 1 atom stereocenters. The fourth-order valence-corrected chi connectivity index (χ4v) is 3.89. The summed E-state index contributed by atoms with van der Waals surface area (Å²) in [6.45, 7) is 5.33. The van der Waals surface area contributed by atoms with E-state index in [9.17, 15) is 12.8 Å². The molecule has 0 fully saturated rings. The maximum Gasteiger partial charge on any atom is 0.241 e.